The molecule has 7 heteroatoms. The van der Waals surface area contributed by atoms with Gasteiger partial charge < -0.3 is 24.6 Å². The SMILES string of the molecule is CCN1c2ccccc2NC1c1ccc(-n2c3cc(N(c4ccc(-c5c(C)cc(-c6c(C)cccc6C)cc5C)cc4)c4ccc5ccccc5c4)c4c5ccccc5sc4c3c3c4c(sc5ccccc54)c(N(c4ccc(-c5c(C)cc(-c6c(C)cccc6C)cc5C)cc4)c4ccc5ccccc5c4)cc32)cc1. The number of rotatable bonds is 13. The van der Waals surface area contributed by atoms with E-state index in [-0.39, 0.29) is 6.17 Å². The summed E-state index contributed by atoms with van der Waals surface area (Å²) < 4.78 is 7.59. The molecule has 0 saturated carbocycles. The third-order valence-electron chi connectivity index (χ3n) is 23.5. The summed E-state index contributed by atoms with van der Waals surface area (Å²) in [4.78, 5) is 7.60. The maximum Gasteiger partial charge on any atom is 0.126 e. The van der Waals surface area contributed by atoms with Gasteiger partial charge in [0.1, 0.15) is 6.17 Å². The minimum Gasteiger partial charge on any atom is -0.360 e. The van der Waals surface area contributed by atoms with Gasteiger partial charge in [-0.2, -0.15) is 0 Å². The number of aryl methyl sites for hydroxylation is 8. The number of hydrogen-bond donors (Lipinski definition) is 1. The Morgan fingerprint density at radius 2 is 0.755 bits per heavy atom. The van der Waals surface area contributed by atoms with Crippen molar-refractivity contribution in [2.75, 3.05) is 26.6 Å². The average Bonchev–Trinajstić information content (AvgIpc) is 1.52. The number of anilines is 8. The predicted octanol–water partition coefficient (Wildman–Crippen LogP) is 29.9. The summed E-state index contributed by atoms with van der Waals surface area (Å²) in [5.41, 5.74) is 33.8. The average molecular weight is 1450 g/mol. The molecule has 1 unspecified atom stereocenters. The molecule has 530 valence electrons. The monoisotopic (exact) mass is 1450 g/mol. The summed E-state index contributed by atoms with van der Waals surface area (Å²) in [6, 6.07) is 115. The number of thiophene rings is 2. The Morgan fingerprint density at radius 3 is 1.28 bits per heavy atom. The van der Waals surface area contributed by atoms with Gasteiger partial charge in [-0.25, -0.2) is 0 Å². The van der Waals surface area contributed by atoms with Gasteiger partial charge in [0, 0.05) is 81.4 Å². The smallest absolute Gasteiger partial charge is 0.126 e. The van der Waals surface area contributed by atoms with Crippen molar-refractivity contribution in [3.63, 3.8) is 0 Å². The van der Waals surface area contributed by atoms with Gasteiger partial charge in [0.05, 0.1) is 38.5 Å². The Bertz CT molecular complexity index is 6890. The number of nitrogens with zero attached hydrogens (tertiary/aromatic N) is 4. The fraction of sp³-hybridized carbons (Fsp3) is 0.107. The highest BCUT2D eigenvalue weighted by Gasteiger charge is 2.32. The van der Waals surface area contributed by atoms with E-state index in [0.717, 1.165) is 63.1 Å². The van der Waals surface area contributed by atoms with Gasteiger partial charge in [0.2, 0.25) is 0 Å². The van der Waals surface area contributed by atoms with Gasteiger partial charge in [-0.15, -0.1) is 22.7 Å². The molecule has 1 N–H and O–H groups in total. The quantitative estimate of drug-likeness (QED) is 0.124. The summed E-state index contributed by atoms with van der Waals surface area (Å²) in [7, 11) is 0. The third kappa shape index (κ3) is 10.8. The maximum absolute atomic E-state index is 3.93. The minimum absolute atomic E-state index is 0.0355. The van der Waals surface area contributed by atoms with Crippen molar-refractivity contribution in [2.24, 2.45) is 0 Å². The van der Waals surface area contributed by atoms with Crippen LogP contribution in [0.1, 0.15) is 63.2 Å². The van der Waals surface area contributed by atoms with Crippen LogP contribution in [0.25, 0.3) is 134 Å². The Labute approximate surface area is 650 Å². The molecule has 0 fully saturated rings. The standard InChI is InChI=1S/C103H81N5S2/c1-10-105-86-34-18-17-33-85(86)104-103(105)73-43-49-80(50-44-73)108-88-60-90(107(82-52-38-70-28-12-14-30-75(70)58-82)79-47-41-72(42-48-79)96-67(8)55-77(56-68(96)9)94-63(4)25-22-26-64(94)5)101-98(84-32-16-20-36-92(84)109-101)99(88)100-89(108)59-87(97-83-31-15-19-35-91(83)110-102(97)100)106(81-51-37-69-27-11-13-29-74(69)57-81)78-45-39-71(40-46-78)95-65(6)53-76(54-66(95)7)93-61(2)23-21-24-62(93)3/h11-60,103-104H,10H2,1-9H3. The van der Waals surface area contributed by atoms with Crippen molar-refractivity contribution >= 4 is 152 Å². The number of aromatic nitrogens is 1. The van der Waals surface area contributed by atoms with Crippen LogP contribution in [-0.2, 0) is 0 Å². The van der Waals surface area contributed by atoms with Crippen LogP contribution < -0.4 is 20.0 Å². The molecule has 3 aromatic heterocycles. The van der Waals surface area contributed by atoms with Crippen molar-refractivity contribution < 1.29 is 0 Å². The predicted molar refractivity (Wildman–Crippen MR) is 476 cm³/mol. The van der Waals surface area contributed by atoms with Crippen molar-refractivity contribution in [3.05, 3.63) is 353 Å². The Balaban J connectivity index is 0.858. The number of hydrogen-bond acceptors (Lipinski definition) is 6. The zero-order valence-electron chi connectivity index (χ0n) is 63.3. The third-order valence-corrected chi connectivity index (χ3v) is 25.9. The number of para-hydroxylation sites is 2. The Hall–Kier alpha value is -12.5. The molecule has 0 radical (unpaired) electrons. The second-order valence-electron chi connectivity index (χ2n) is 30.3. The molecule has 0 saturated heterocycles. The van der Waals surface area contributed by atoms with Crippen LogP contribution in [0.5, 0.6) is 0 Å². The highest BCUT2D eigenvalue weighted by Crippen LogP contribution is 2.57. The van der Waals surface area contributed by atoms with Gasteiger partial charge in [0.15, 0.2) is 0 Å². The summed E-state index contributed by atoms with van der Waals surface area (Å²) in [5.74, 6) is 0. The van der Waals surface area contributed by atoms with Gasteiger partial charge >= 0.3 is 0 Å². The first-order chi connectivity index (χ1) is 53.8. The largest absolute Gasteiger partial charge is 0.360 e. The van der Waals surface area contributed by atoms with Crippen molar-refractivity contribution in [2.45, 2.75) is 68.5 Å². The highest BCUT2D eigenvalue weighted by atomic mass is 32.1. The summed E-state index contributed by atoms with van der Waals surface area (Å²) in [6.45, 7) is 21.2. The normalized spacial score (nSPS) is 13.0. The molecule has 0 spiro atoms. The molecule has 0 bridgehead atoms. The van der Waals surface area contributed by atoms with Gasteiger partial charge in [-0.05, 0) is 275 Å². The van der Waals surface area contributed by atoms with E-state index in [1.807, 2.05) is 22.7 Å². The summed E-state index contributed by atoms with van der Waals surface area (Å²) >= 11 is 3.83. The minimum atomic E-state index is -0.0355. The van der Waals surface area contributed by atoms with Crippen LogP contribution in [0.2, 0.25) is 0 Å². The molecule has 110 heavy (non-hydrogen) atoms. The molecule has 20 rings (SSSR count). The van der Waals surface area contributed by atoms with E-state index in [9.17, 15) is 0 Å². The first-order valence-corrected chi connectivity index (χ1v) is 40.1. The molecule has 5 nitrogen and oxygen atoms in total. The lowest BCUT2D eigenvalue weighted by atomic mass is 9.88. The fourth-order valence-corrected chi connectivity index (χ4v) is 21.2. The van der Waals surface area contributed by atoms with Crippen LogP contribution in [0.3, 0.4) is 0 Å². The first kappa shape index (κ1) is 66.9. The molecule has 4 heterocycles. The van der Waals surface area contributed by atoms with E-state index in [4.69, 9.17) is 0 Å². The second-order valence-corrected chi connectivity index (χ2v) is 32.4. The van der Waals surface area contributed by atoms with Gasteiger partial charge in [-0.1, -0.05) is 206 Å². The molecular formula is C103H81N5S2. The highest BCUT2D eigenvalue weighted by molar-refractivity contribution is 7.27. The molecule has 1 aliphatic rings. The Kier molecular flexibility index (Phi) is 16.1. The van der Waals surface area contributed by atoms with Gasteiger partial charge in [0.25, 0.3) is 0 Å². The zero-order valence-corrected chi connectivity index (χ0v) is 64.9. The zero-order chi connectivity index (χ0) is 74.3. The van der Waals surface area contributed by atoms with E-state index < -0.39 is 0 Å². The van der Waals surface area contributed by atoms with Gasteiger partial charge in [-0.3, -0.25) is 0 Å². The number of nitrogens with one attached hydrogen (secondary N) is 1. The van der Waals surface area contributed by atoms with Crippen LogP contribution in [0, 0.1) is 55.4 Å². The topological polar surface area (TPSA) is 26.7 Å². The molecule has 1 aliphatic heterocycles. The first-order valence-electron chi connectivity index (χ1n) is 38.4. The maximum atomic E-state index is 3.93. The lowest BCUT2D eigenvalue weighted by Crippen LogP contribution is -2.27. The van der Waals surface area contributed by atoms with E-state index in [1.54, 1.807) is 0 Å². The molecule has 1 atom stereocenters. The lowest BCUT2D eigenvalue weighted by Gasteiger charge is -2.28. The lowest BCUT2D eigenvalue weighted by molar-refractivity contribution is 0.735. The van der Waals surface area contributed by atoms with Crippen LogP contribution in [0.4, 0.5) is 45.5 Å². The Morgan fingerprint density at radius 1 is 0.327 bits per heavy atom. The summed E-state index contributed by atoms with van der Waals surface area (Å²) in [6.07, 6.45) is -0.0355. The molecule has 16 aromatic carbocycles. The summed E-state index contributed by atoms with van der Waals surface area (Å²) in [5, 5.41) is 16.1. The van der Waals surface area contributed by atoms with E-state index in [1.165, 1.54) is 173 Å². The fourth-order valence-electron chi connectivity index (χ4n) is 18.7. The second kappa shape index (κ2) is 26.4. The van der Waals surface area contributed by atoms with E-state index in [2.05, 4.69) is 390 Å². The molecule has 0 aliphatic carbocycles. The van der Waals surface area contributed by atoms with Crippen molar-refractivity contribution in [3.8, 4) is 50.2 Å². The van der Waals surface area contributed by atoms with Crippen molar-refractivity contribution in [1.82, 2.24) is 4.57 Å². The van der Waals surface area contributed by atoms with E-state index in [0.29, 0.717) is 0 Å². The molecule has 0 amide bonds. The molecular weight excluding hydrogens is 1370 g/mol. The van der Waals surface area contributed by atoms with Crippen molar-refractivity contribution in [1.29, 1.82) is 0 Å². The van der Waals surface area contributed by atoms with E-state index >= 15 is 0 Å². The van der Waals surface area contributed by atoms with Crippen LogP contribution in [0.15, 0.2) is 303 Å². The number of fused-ring (bicyclic) bond motifs is 14. The van der Waals surface area contributed by atoms with Crippen LogP contribution in [-0.4, -0.2) is 11.1 Å². The van der Waals surface area contributed by atoms with Crippen LogP contribution >= 0.6 is 22.7 Å². The number of benzene rings is 16. The molecule has 19 aromatic rings.